The van der Waals surface area contributed by atoms with Gasteiger partial charge in [-0.25, -0.2) is 0 Å². The summed E-state index contributed by atoms with van der Waals surface area (Å²) in [4.78, 5) is 0. The lowest BCUT2D eigenvalue weighted by Crippen LogP contribution is -2.02. The summed E-state index contributed by atoms with van der Waals surface area (Å²) in [7, 11) is -0.478. The van der Waals surface area contributed by atoms with Crippen LogP contribution in [0.4, 0.5) is 0 Å². The second kappa shape index (κ2) is 11.6. The van der Waals surface area contributed by atoms with E-state index in [1.807, 2.05) is 0 Å². The first-order chi connectivity index (χ1) is 6.81. The zero-order valence-corrected chi connectivity index (χ0v) is 11.7. The smallest absolute Gasteiger partial charge is 0.165 e. The first-order valence-corrected chi connectivity index (χ1v) is 9.24. The molecule has 0 saturated heterocycles. The lowest BCUT2D eigenvalue weighted by atomic mass is 10.2. The summed E-state index contributed by atoms with van der Waals surface area (Å²) >= 11 is 6.34. The van der Waals surface area contributed by atoms with E-state index in [0.717, 1.165) is 0 Å². The first-order valence-electron chi connectivity index (χ1n) is 6.31. The van der Waals surface area contributed by atoms with E-state index in [1.165, 1.54) is 63.5 Å². The Labute approximate surface area is 96.7 Å². The van der Waals surface area contributed by atoms with Crippen molar-refractivity contribution in [3.63, 3.8) is 0 Å². The molecule has 0 nitrogen and oxygen atoms in total. The minimum atomic E-state index is -0.478. The number of unbranched alkanes of at least 4 members (excludes halogenated alkanes) is 6. The molecule has 0 aromatic heterocycles. The van der Waals surface area contributed by atoms with Gasteiger partial charge in [0.25, 0.3) is 0 Å². The fourth-order valence-corrected chi connectivity index (χ4v) is 3.93. The summed E-state index contributed by atoms with van der Waals surface area (Å²) in [6, 6.07) is 2.66. The molecule has 0 aromatic rings. The van der Waals surface area contributed by atoms with Crippen molar-refractivity contribution >= 4 is 19.2 Å². The van der Waals surface area contributed by atoms with Gasteiger partial charge < -0.3 is 0 Å². The maximum Gasteiger partial charge on any atom is 0.165 e. The molecule has 0 fully saturated rings. The van der Waals surface area contributed by atoms with Gasteiger partial charge in [-0.2, -0.15) is 11.1 Å². The van der Waals surface area contributed by atoms with Crippen molar-refractivity contribution < 1.29 is 0 Å². The van der Waals surface area contributed by atoms with Crippen molar-refractivity contribution in [3.05, 3.63) is 0 Å². The highest BCUT2D eigenvalue weighted by molar-refractivity contribution is 7.06. The maximum absolute atomic E-state index is 6.34. The molecule has 0 saturated carbocycles. The van der Waals surface area contributed by atoms with Crippen molar-refractivity contribution in [2.75, 3.05) is 0 Å². The maximum atomic E-state index is 6.34. The van der Waals surface area contributed by atoms with E-state index >= 15 is 0 Å². The Bertz CT molecular complexity index is 94.5. The zero-order chi connectivity index (χ0) is 10.6. The third-order valence-corrected chi connectivity index (χ3v) is 5.53. The number of rotatable bonds is 10. The average Bonchev–Trinajstić information content (AvgIpc) is 2.19. The van der Waals surface area contributed by atoms with Gasteiger partial charge in [-0.05, 0) is 12.1 Å². The van der Waals surface area contributed by atoms with Gasteiger partial charge in [0, 0.05) is 0 Å². The third-order valence-electron chi connectivity index (χ3n) is 2.60. The molecular formula is C12H26ClSi. The Morgan fingerprint density at radius 1 is 0.714 bits per heavy atom. The number of hydrogen-bond donors (Lipinski definition) is 0. The van der Waals surface area contributed by atoms with Gasteiger partial charge in [-0.15, -0.1) is 0 Å². The average molecular weight is 234 g/mol. The van der Waals surface area contributed by atoms with E-state index in [2.05, 4.69) is 13.8 Å². The lowest BCUT2D eigenvalue weighted by Gasteiger charge is -2.06. The van der Waals surface area contributed by atoms with Crippen LogP contribution in [-0.4, -0.2) is 8.11 Å². The SMILES string of the molecule is CCCCCC[Si](Cl)CCCCCC. The zero-order valence-electron chi connectivity index (χ0n) is 9.95. The Hall–Kier alpha value is 0.507. The van der Waals surface area contributed by atoms with Gasteiger partial charge in [0.15, 0.2) is 8.11 Å². The lowest BCUT2D eigenvalue weighted by molar-refractivity contribution is 0.688. The van der Waals surface area contributed by atoms with Gasteiger partial charge in [0.1, 0.15) is 0 Å². The van der Waals surface area contributed by atoms with Crippen LogP contribution in [0.2, 0.25) is 12.1 Å². The van der Waals surface area contributed by atoms with Crippen LogP contribution in [-0.2, 0) is 0 Å². The van der Waals surface area contributed by atoms with Crippen LogP contribution in [0.5, 0.6) is 0 Å². The molecule has 0 rings (SSSR count). The molecular weight excluding hydrogens is 208 g/mol. The second-order valence-electron chi connectivity index (χ2n) is 4.14. The summed E-state index contributed by atoms with van der Waals surface area (Å²) in [5.74, 6) is 0. The van der Waals surface area contributed by atoms with Crippen molar-refractivity contribution in [1.82, 2.24) is 0 Å². The van der Waals surface area contributed by atoms with Crippen LogP contribution < -0.4 is 0 Å². The van der Waals surface area contributed by atoms with Crippen molar-refractivity contribution in [2.45, 2.75) is 77.3 Å². The van der Waals surface area contributed by atoms with Crippen LogP contribution in [0, 0.1) is 0 Å². The molecule has 0 atom stereocenters. The quantitative estimate of drug-likeness (QED) is 0.270. The van der Waals surface area contributed by atoms with Crippen LogP contribution in [0.25, 0.3) is 0 Å². The summed E-state index contributed by atoms with van der Waals surface area (Å²) in [5.41, 5.74) is 0. The van der Waals surface area contributed by atoms with E-state index in [9.17, 15) is 0 Å². The minimum absolute atomic E-state index is 0.478. The molecule has 2 heteroatoms. The first kappa shape index (κ1) is 14.5. The van der Waals surface area contributed by atoms with E-state index in [1.54, 1.807) is 0 Å². The van der Waals surface area contributed by atoms with Gasteiger partial charge in [-0.1, -0.05) is 65.2 Å². The molecule has 0 aliphatic heterocycles. The molecule has 0 spiro atoms. The van der Waals surface area contributed by atoms with Crippen molar-refractivity contribution in [3.8, 4) is 0 Å². The minimum Gasteiger partial charge on any atom is -0.169 e. The van der Waals surface area contributed by atoms with Gasteiger partial charge >= 0.3 is 0 Å². The molecule has 0 aromatic carbocycles. The van der Waals surface area contributed by atoms with Crippen LogP contribution in [0.1, 0.15) is 65.2 Å². The van der Waals surface area contributed by atoms with Crippen LogP contribution in [0.3, 0.4) is 0 Å². The second-order valence-corrected chi connectivity index (χ2v) is 7.78. The predicted octanol–water partition coefficient (Wildman–Crippen LogP) is 5.38. The summed E-state index contributed by atoms with van der Waals surface area (Å²) in [6.45, 7) is 4.52. The van der Waals surface area contributed by atoms with Gasteiger partial charge in [-0.3, -0.25) is 0 Å². The Morgan fingerprint density at radius 3 is 1.50 bits per heavy atom. The largest absolute Gasteiger partial charge is 0.169 e. The standard InChI is InChI=1S/C12H26ClSi/c1-3-5-7-9-11-14(13)12-10-8-6-4-2/h3-12H2,1-2H3. The summed E-state index contributed by atoms with van der Waals surface area (Å²) in [5, 5.41) is 0. The molecule has 0 amide bonds. The highest BCUT2D eigenvalue weighted by Crippen LogP contribution is 2.15. The molecule has 0 heterocycles. The molecule has 0 N–H and O–H groups in total. The highest BCUT2D eigenvalue weighted by Gasteiger charge is 2.06. The third kappa shape index (κ3) is 10.6. The number of halogens is 1. The molecule has 14 heavy (non-hydrogen) atoms. The predicted molar refractivity (Wildman–Crippen MR) is 69.5 cm³/mol. The van der Waals surface area contributed by atoms with E-state index < -0.39 is 8.11 Å². The Balaban J connectivity index is 3.07. The topological polar surface area (TPSA) is 0 Å². The molecule has 0 bridgehead atoms. The Morgan fingerprint density at radius 2 is 1.14 bits per heavy atom. The molecule has 0 unspecified atom stereocenters. The fourth-order valence-electron chi connectivity index (χ4n) is 1.61. The molecule has 85 valence electrons. The fraction of sp³-hybridized carbons (Fsp3) is 1.00. The van der Waals surface area contributed by atoms with Crippen molar-refractivity contribution in [2.24, 2.45) is 0 Å². The van der Waals surface area contributed by atoms with Crippen LogP contribution in [0.15, 0.2) is 0 Å². The molecule has 0 aliphatic rings. The highest BCUT2D eigenvalue weighted by atomic mass is 35.6. The molecule has 0 aliphatic carbocycles. The molecule has 1 radical (unpaired) electrons. The summed E-state index contributed by atoms with van der Waals surface area (Å²) < 4.78 is 0. The summed E-state index contributed by atoms with van der Waals surface area (Å²) in [6.07, 6.45) is 11.0. The van der Waals surface area contributed by atoms with Gasteiger partial charge in [0.2, 0.25) is 0 Å². The van der Waals surface area contributed by atoms with Gasteiger partial charge in [0.05, 0.1) is 0 Å². The normalized spacial score (nSPS) is 11.1. The van der Waals surface area contributed by atoms with E-state index in [0.29, 0.717) is 0 Å². The van der Waals surface area contributed by atoms with E-state index in [-0.39, 0.29) is 0 Å². The Kier molecular flexibility index (Phi) is 12.0. The number of hydrogen-bond acceptors (Lipinski definition) is 0. The van der Waals surface area contributed by atoms with Crippen molar-refractivity contribution in [1.29, 1.82) is 0 Å². The van der Waals surface area contributed by atoms with E-state index in [4.69, 9.17) is 11.1 Å². The van der Waals surface area contributed by atoms with Crippen LogP contribution >= 0.6 is 11.1 Å². The monoisotopic (exact) mass is 233 g/mol.